The van der Waals surface area contributed by atoms with Crippen LogP contribution in [0.5, 0.6) is 0 Å². The number of benzene rings is 1. The van der Waals surface area contributed by atoms with Crippen LogP contribution < -0.4 is 0 Å². The SMILES string of the molecule is Cc1cc(C2=NCc3cc4c(cc32)CN([C@@H]2CCCN(Cc3cccnc3)C2)C(=O)C4)ccn1. The van der Waals surface area contributed by atoms with Crippen LogP contribution in [0.1, 0.15) is 51.9 Å². The number of carbonyl (C=O) groups is 1. The topological polar surface area (TPSA) is 61.7 Å². The third-order valence-corrected chi connectivity index (χ3v) is 7.31. The number of nitrogens with zero attached hydrogens (tertiary/aromatic N) is 5. The lowest BCUT2D eigenvalue weighted by Crippen LogP contribution is -2.51. The van der Waals surface area contributed by atoms with Crippen LogP contribution in [0.4, 0.5) is 0 Å². The first kappa shape index (κ1) is 21.2. The van der Waals surface area contributed by atoms with Crippen molar-refractivity contribution in [1.82, 2.24) is 19.8 Å². The van der Waals surface area contributed by atoms with Crippen molar-refractivity contribution >= 4 is 11.6 Å². The number of carbonyl (C=O) groups excluding carboxylic acids is 1. The second-order valence-corrected chi connectivity index (χ2v) is 9.72. The lowest BCUT2D eigenvalue weighted by Gasteiger charge is -2.41. The van der Waals surface area contributed by atoms with Gasteiger partial charge in [0.2, 0.25) is 5.91 Å². The molecule has 1 fully saturated rings. The predicted molar refractivity (Wildman–Crippen MR) is 132 cm³/mol. The van der Waals surface area contributed by atoms with Crippen LogP contribution in [0.3, 0.4) is 0 Å². The van der Waals surface area contributed by atoms with Gasteiger partial charge in [0.1, 0.15) is 0 Å². The fourth-order valence-corrected chi connectivity index (χ4v) is 5.64. The summed E-state index contributed by atoms with van der Waals surface area (Å²) in [6.45, 7) is 6.27. The van der Waals surface area contributed by atoms with E-state index in [4.69, 9.17) is 4.99 Å². The predicted octanol–water partition coefficient (Wildman–Crippen LogP) is 3.69. The van der Waals surface area contributed by atoms with E-state index in [1.807, 2.05) is 37.6 Å². The van der Waals surface area contributed by atoms with Gasteiger partial charge in [-0.3, -0.25) is 24.7 Å². The van der Waals surface area contributed by atoms with Crippen LogP contribution in [0, 0.1) is 6.92 Å². The quantitative estimate of drug-likeness (QED) is 0.607. The average Bonchev–Trinajstić information content (AvgIpc) is 3.26. The molecular weight excluding hydrogens is 422 g/mol. The number of piperidine rings is 1. The monoisotopic (exact) mass is 451 g/mol. The van der Waals surface area contributed by atoms with Crippen LogP contribution in [-0.2, 0) is 30.8 Å². The average molecular weight is 452 g/mol. The number of pyridine rings is 2. The lowest BCUT2D eigenvalue weighted by atomic mass is 9.90. The number of aryl methyl sites for hydroxylation is 1. The lowest BCUT2D eigenvalue weighted by molar-refractivity contribution is -0.135. The molecule has 2 aromatic heterocycles. The second kappa shape index (κ2) is 8.76. The van der Waals surface area contributed by atoms with Crippen molar-refractivity contribution in [2.75, 3.05) is 13.1 Å². The molecule has 6 heteroatoms. The Morgan fingerprint density at radius 2 is 2.03 bits per heavy atom. The fraction of sp³-hybridized carbons (Fsp3) is 0.357. The van der Waals surface area contributed by atoms with E-state index < -0.39 is 0 Å². The minimum Gasteiger partial charge on any atom is -0.334 e. The van der Waals surface area contributed by atoms with Crippen molar-refractivity contribution in [2.24, 2.45) is 4.99 Å². The van der Waals surface area contributed by atoms with E-state index in [0.29, 0.717) is 19.5 Å². The summed E-state index contributed by atoms with van der Waals surface area (Å²) in [5, 5.41) is 0. The van der Waals surface area contributed by atoms with Gasteiger partial charge in [0, 0.05) is 61.1 Å². The minimum absolute atomic E-state index is 0.254. The maximum atomic E-state index is 13.2. The third kappa shape index (κ3) is 4.03. The zero-order chi connectivity index (χ0) is 23.1. The highest BCUT2D eigenvalue weighted by molar-refractivity contribution is 6.15. The first-order chi connectivity index (χ1) is 16.6. The summed E-state index contributed by atoms with van der Waals surface area (Å²) in [6.07, 6.45) is 8.28. The van der Waals surface area contributed by atoms with Crippen molar-refractivity contribution < 1.29 is 4.79 Å². The van der Waals surface area contributed by atoms with Gasteiger partial charge in [-0.05, 0) is 72.8 Å². The molecule has 1 amide bonds. The molecule has 5 heterocycles. The zero-order valence-electron chi connectivity index (χ0n) is 19.6. The van der Waals surface area contributed by atoms with E-state index in [2.05, 4.69) is 44.0 Å². The number of fused-ring (bicyclic) bond motifs is 2. The Morgan fingerprint density at radius 1 is 1.09 bits per heavy atom. The van der Waals surface area contributed by atoms with E-state index in [1.165, 1.54) is 27.8 Å². The Morgan fingerprint density at radius 3 is 2.88 bits per heavy atom. The van der Waals surface area contributed by atoms with Gasteiger partial charge in [-0.2, -0.15) is 0 Å². The second-order valence-electron chi connectivity index (χ2n) is 9.72. The number of hydrogen-bond donors (Lipinski definition) is 0. The third-order valence-electron chi connectivity index (χ3n) is 7.31. The first-order valence-electron chi connectivity index (χ1n) is 12.2. The van der Waals surface area contributed by atoms with Crippen molar-refractivity contribution in [3.63, 3.8) is 0 Å². The van der Waals surface area contributed by atoms with Crippen molar-refractivity contribution in [1.29, 1.82) is 0 Å². The number of hydrogen-bond acceptors (Lipinski definition) is 5. The number of likely N-dealkylation sites (tertiary alicyclic amines) is 1. The molecule has 3 aromatic rings. The molecule has 6 rings (SSSR count). The molecule has 0 N–H and O–H groups in total. The van der Waals surface area contributed by atoms with Gasteiger partial charge in [0.25, 0.3) is 0 Å². The van der Waals surface area contributed by atoms with Gasteiger partial charge in [-0.25, -0.2) is 0 Å². The molecule has 0 bridgehead atoms. The van der Waals surface area contributed by atoms with Crippen LogP contribution in [0.2, 0.25) is 0 Å². The molecule has 0 spiro atoms. The van der Waals surface area contributed by atoms with Gasteiger partial charge in [0.15, 0.2) is 0 Å². The van der Waals surface area contributed by atoms with Crippen LogP contribution in [0.25, 0.3) is 0 Å². The van der Waals surface area contributed by atoms with Gasteiger partial charge in [-0.15, -0.1) is 0 Å². The highest BCUT2D eigenvalue weighted by Gasteiger charge is 2.33. The molecular formula is C28H29N5O. The molecule has 34 heavy (non-hydrogen) atoms. The summed E-state index contributed by atoms with van der Waals surface area (Å²) in [4.78, 5) is 31.2. The minimum atomic E-state index is 0.254. The molecule has 172 valence electrons. The molecule has 1 aromatic carbocycles. The number of aliphatic imine (C=N–C) groups is 1. The summed E-state index contributed by atoms with van der Waals surface area (Å²) in [5.41, 5.74) is 9.27. The van der Waals surface area contributed by atoms with E-state index in [0.717, 1.165) is 49.4 Å². The number of rotatable bonds is 4. The first-order valence-corrected chi connectivity index (χ1v) is 12.2. The molecule has 0 saturated carbocycles. The highest BCUT2D eigenvalue weighted by Crippen LogP contribution is 2.32. The molecule has 1 atom stereocenters. The van der Waals surface area contributed by atoms with Gasteiger partial charge in [-0.1, -0.05) is 12.1 Å². The van der Waals surface area contributed by atoms with Crippen molar-refractivity contribution in [3.8, 4) is 0 Å². The zero-order valence-corrected chi connectivity index (χ0v) is 19.6. The summed E-state index contributed by atoms with van der Waals surface area (Å²) < 4.78 is 0. The van der Waals surface area contributed by atoms with Gasteiger partial charge in [0.05, 0.1) is 18.7 Å². The fourth-order valence-electron chi connectivity index (χ4n) is 5.64. The maximum absolute atomic E-state index is 13.2. The van der Waals surface area contributed by atoms with E-state index >= 15 is 0 Å². The molecule has 0 unspecified atom stereocenters. The standard InChI is InChI=1S/C28H29N5O/c1-19-10-21(6-8-30-19)28-26-12-24-17-33(27(34)13-22(24)11-23(26)15-31-28)25-5-3-9-32(18-25)16-20-4-2-7-29-14-20/h2,4,6-8,10-12,14,25H,3,5,9,13,15-18H2,1H3/t25-/m1/s1. The normalized spacial score (nSPS) is 20.1. The van der Waals surface area contributed by atoms with Crippen LogP contribution in [-0.4, -0.2) is 50.5 Å². The van der Waals surface area contributed by atoms with E-state index in [9.17, 15) is 4.79 Å². The Balaban J connectivity index is 1.23. The van der Waals surface area contributed by atoms with E-state index in [-0.39, 0.29) is 11.9 Å². The molecule has 0 radical (unpaired) electrons. The molecule has 6 nitrogen and oxygen atoms in total. The molecule has 1 saturated heterocycles. The van der Waals surface area contributed by atoms with Crippen molar-refractivity contribution in [2.45, 2.75) is 51.9 Å². The summed E-state index contributed by atoms with van der Waals surface area (Å²) >= 11 is 0. The number of amides is 1. The van der Waals surface area contributed by atoms with Gasteiger partial charge >= 0.3 is 0 Å². The van der Waals surface area contributed by atoms with Crippen LogP contribution >= 0.6 is 0 Å². The Labute approximate surface area is 200 Å². The molecule has 3 aliphatic heterocycles. The van der Waals surface area contributed by atoms with Gasteiger partial charge < -0.3 is 4.90 Å². The summed E-state index contributed by atoms with van der Waals surface area (Å²) in [7, 11) is 0. The number of aromatic nitrogens is 2. The van der Waals surface area contributed by atoms with Crippen LogP contribution in [0.15, 0.2) is 60.0 Å². The Kier molecular flexibility index (Phi) is 5.46. The largest absolute Gasteiger partial charge is 0.334 e. The smallest absolute Gasteiger partial charge is 0.227 e. The summed E-state index contributed by atoms with van der Waals surface area (Å²) in [5.74, 6) is 0.254. The Bertz CT molecular complexity index is 1270. The Hall–Kier alpha value is -3.38. The molecule has 3 aliphatic rings. The summed E-state index contributed by atoms with van der Waals surface area (Å²) in [6, 6.07) is 13.0. The maximum Gasteiger partial charge on any atom is 0.227 e. The highest BCUT2D eigenvalue weighted by atomic mass is 16.2. The van der Waals surface area contributed by atoms with E-state index in [1.54, 1.807) is 0 Å². The van der Waals surface area contributed by atoms with Crippen molar-refractivity contribution in [3.05, 3.63) is 94.1 Å². The molecule has 0 aliphatic carbocycles.